The number of hydrogen-bond donors (Lipinski definition) is 3. The molecular weight excluding hydrogens is 356 g/mol. The molecule has 1 heterocycles. The van der Waals surface area contributed by atoms with E-state index in [1.807, 2.05) is 24.3 Å². The fourth-order valence-corrected chi connectivity index (χ4v) is 4.49. The number of fused-ring (bicyclic) bond motifs is 2. The number of aromatic amines is 1. The molecule has 3 N–H and O–H groups in total. The summed E-state index contributed by atoms with van der Waals surface area (Å²) >= 11 is 0. The van der Waals surface area contributed by atoms with Crippen molar-refractivity contribution in [3.8, 4) is 0 Å². The lowest BCUT2D eigenvalue weighted by Gasteiger charge is -2.33. The summed E-state index contributed by atoms with van der Waals surface area (Å²) in [6, 6.07) is 12.0. The van der Waals surface area contributed by atoms with Gasteiger partial charge in [-0.2, -0.15) is 0 Å². The van der Waals surface area contributed by atoms with Crippen molar-refractivity contribution in [3.05, 3.63) is 64.1 Å². The van der Waals surface area contributed by atoms with Crippen molar-refractivity contribution in [2.24, 2.45) is 0 Å². The molecule has 0 amide bonds. The summed E-state index contributed by atoms with van der Waals surface area (Å²) in [6.07, 6.45) is 1.59. The van der Waals surface area contributed by atoms with Gasteiger partial charge in [-0.15, -0.1) is 0 Å². The summed E-state index contributed by atoms with van der Waals surface area (Å²) in [6.45, 7) is -0.0798. The van der Waals surface area contributed by atoms with E-state index < -0.39 is 21.4 Å². The van der Waals surface area contributed by atoms with Crippen LogP contribution in [-0.4, -0.2) is 30.7 Å². The molecule has 0 saturated carbocycles. The second-order valence-corrected chi connectivity index (χ2v) is 8.43. The minimum Gasteiger partial charge on any atom is -0.408 e. The fourth-order valence-electron chi connectivity index (χ4n) is 3.35. The Morgan fingerprint density at radius 3 is 2.77 bits per heavy atom. The van der Waals surface area contributed by atoms with Crippen LogP contribution in [-0.2, 0) is 22.9 Å². The van der Waals surface area contributed by atoms with Crippen molar-refractivity contribution in [2.75, 3.05) is 6.54 Å². The average molecular weight is 374 g/mol. The Balaban J connectivity index is 1.53. The highest BCUT2D eigenvalue weighted by Gasteiger charge is 2.33. The Morgan fingerprint density at radius 1 is 1.19 bits per heavy atom. The number of nitrogens with one attached hydrogen (secondary N) is 2. The summed E-state index contributed by atoms with van der Waals surface area (Å²) in [5.41, 5.74) is 1.70. The zero-order chi connectivity index (χ0) is 18.4. The lowest BCUT2D eigenvalue weighted by atomic mass is 9.80. The molecule has 2 aromatic carbocycles. The molecule has 26 heavy (non-hydrogen) atoms. The van der Waals surface area contributed by atoms with Gasteiger partial charge in [0.1, 0.15) is 0 Å². The molecule has 0 fully saturated rings. The molecule has 3 aromatic rings. The van der Waals surface area contributed by atoms with Crippen LogP contribution in [0.15, 0.2) is 56.6 Å². The lowest BCUT2D eigenvalue weighted by molar-refractivity contribution is 0.0317. The number of rotatable bonds is 4. The molecule has 0 spiro atoms. The molecule has 0 radical (unpaired) electrons. The third kappa shape index (κ3) is 3.18. The fraction of sp³-hybridized carbons (Fsp3) is 0.278. The SMILES string of the molecule is O=c1[nH]c2cc(S(=O)(=O)NC[C@@]3(O)CCc4ccccc4C3)ccc2o1. The highest BCUT2D eigenvalue weighted by atomic mass is 32.2. The quantitative estimate of drug-likeness (QED) is 0.638. The Labute approximate surface area is 149 Å². The smallest absolute Gasteiger partial charge is 0.408 e. The Kier molecular flexibility index (Phi) is 3.98. The Bertz CT molecular complexity index is 1130. The van der Waals surface area contributed by atoms with Crippen molar-refractivity contribution in [1.29, 1.82) is 0 Å². The first-order valence-electron chi connectivity index (χ1n) is 8.26. The summed E-state index contributed by atoms with van der Waals surface area (Å²) in [5, 5.41) is 10.8. The molecule has 0 bridgehead atoms. The molecule has 8 heteroatoms. The number of H-pyrrole nitrogens is 1. The average Bonchev–Trinajstić information content (AvgIpc) is 2.99. The third-order valence-electron chi connectivity index (χ3n) is 4.79. The van der Waals surface area contributed by atoms with E-state index in [-0.39, 0.29) is 17.0 Å². The summed E-state index contributed by atoms with van der Waals surface area (Å²) in [5.74, 6) is -0.641. The van der Waals surface area contributed by atoms with Gasteiger partial charge in [0, 0.05) is 13.0 Å². The van der Waals surface area contributed by atoms with Gasteiger partial charge >= 0.3 is 5.76 Å². The molecule has 0 aliphatic heterocycles. The van der Waals surface area contributed by atoms with Crippen LogP contribution in [0.1, 0.15) is 17.5 Å². The third-order valence-corrected chi connectivity index (χ3v) is 6.19. The molecule has 4 rings (SSSR count). The molecule has 7 nitrogen and oxygen atoms in total. The lowest BCUT2D eigenvalue weighted by Crippen LogP contribution is -2.46. The highest BCUT2D eigenvalue weighted by molar-refractivity contribution is 7.89. The normalized spacial score (nSPS) is 20.2. The van der Waals surface area contributed by atoms with Gasteiger partial charge in [0.05, 0.1) is 16.0 Å². The maximum atomic E-state index is 12.6. The second-order valence-electron chi connectivity index (χ2n) is 6.67. The van der Waals surface area contributed by atoms with Crippen LogP contribution in [0, 0.1) is 0 Å². The van der Waals surface area contributed by atoms with Gasteiger partial charge in [0.15, 0.2) is 5.58 Å². The van der Waals surface area contributed by atoms with E-state index in [9.17, 15) is 18.3 Å². The topological polar surface area (TPSA) is 112 Å². The van der Waals surface area contributed by atoms with Crippen molar-refractivity contribution < 1.29 is 17.9 Å². The number of oxazole rings is 1. The maximum Gasteiger partial charge on any atom is 0.417 e. The van der Waals surface area contributed by atoms with Gasteiger partial charge < -0.3 is 9.52 Å². The van der Waals surface area contributed by atoms with Gasteiger partial charge in [0.2, 0.25) is 10.0 Å². The molecule has 1 aromatic heterocycles. The monoisotopic (exact) mass is 374 g/mol. The van der Waals surface area contributed by atoms with Crippen LogP contribution in [0.25, 0.3) is 11.1 Å². The summed E-state index contributed by atoms with van der Waals surface area (Å²) in [7, 11) is -3.83. The van der Waals surface area contributed by atoms with E-state index in [2.05, 4.69) is 9.71 Å². The number of hydrogen-bond acceptors (Lipinski definition) is 5. The second kappa shape index (κ2) is 6.08. The first kappa shape index (κ1) is 17.0. The number of benzene rings is 2. The number of aromatic nitrogens is 1. The number of aliphatic hydroxyl groups is 1. The van der Waals surface area contributed by atoms with Gasteiger partial charge in [0.25, 0.3) is 0 Å². The van der Waals surface area contributed by atoms with Crippen molar-refractivity contribution in [2.45, 2.75) is 29.8 Å². The van der Waals surface area contributed by atoms with E-state index in [1.54, 1.807) is 0 Å². The Morgan fingerprint density at radius 2 is 1.96 bits per heavy atom. The van der Waals surface area contributed by atoms with Crippen LogP contribution < -0.4 is 10.5 Å². The zero-order valence-corrected chi connectivity index (χ0v) is 14.7. The predicted molar refractivity (Wildman–Crippen MR) is 95.4 cm³/mol. The molecule has 1 atom stereocenters. The number of sulfonamides is 1. The van der Waals surface area contributed by atoms with Crippen molar-refractivity contribution in [1.82, 2.24) is 9.71 Å². The number of aryl methyl sites for hydroxylation is 1. The summed E-state index contributed by atoms with van der Waals surface area (Å²) < 4.78 is 32.5. The first-order valence-corrected chi connectivity index (χ1v) is 9.75. The van der Waals surface area contributed by atoms with E-state index in [1.165, 1.54) is 23.8 Å². The molecule has 1 aliphatic carbocycles. The highest BCUT2D eigenvalue weighted by Crippen LogP contribution is 2.28. The van der Waals surface area contributed by atoms with Crippen molar-refractivity contribution in [3.63, 3.8) is 0 Å². The van der Waals surface area contributed by atoms with Crippen LogP contribution in [0.3, 0.4) is 0 Å². The van der Waals surface area contributed by atoms with Gasteiger partial charge in [-0.3, -0.25) is 4.98 Å². The Hall–Kier alpha value is -2.42. The van der Waals surface area contributed by atoms with Crippen LogP contribution in [0.4, 0.5) is 0 Å². The minimum absolute atomic E-state index is 0.00172. The van der Waals surface area contributed by atoms with Crippen LogP contribution >= 0.6 is 0 Å². The molecule has 0 saturated heterocycles. The van der Waals surface area contributed by atoms with Gasteiger partial charge in [-0.25, -0.2) is 17.9 Å². The van der Waals surface area contributed by atoms with Crippen LogP contribution in [0.5, 0.6) is 0 Å². The standard InChI is InChI=1S/C18H18N2O5S/c21-17-20-15-9-14(5-6-16(15)25-17)26(23,24)19-11-18(22)8-7-12-3-1-2-4-13(12)10-18/h1-6,9,19,22H,7-8,10-11H2,(H,20,21)/t18-/m1/s1. The zero-order valence-electron chi connectivity index (χ0n) is 13.9. The van der Waals surface area contributed by atoms with Crippen molar-refractivity contribution >= 4 is 21.1 Å². The van der Waals surface area contributed by atoms with E-state index in [0.717, 1.165) is 5.56 Å². The maximum absolute atomic E-state index is 12.6. The predicted octanol–water partition coefficient (Wildman–Crippen LogP) is 1.32. The molecule has 1 aliphatic rings. The largest absolute Gasteiger partial charge is 0.417 e. The van der Waals surface area contributed by atoms with Gasteiger partial charge in [-0.05, 0) is 42.2 Å². The molecular formula is C18H18N2O5S. The van der Waals surface area contributed by atoms with Crippen LogP contribution in [0.2, 0.25) is 0 Å². The van der Waals surface area contributed by atoms with E-state index >= 15 is 0 Å². The van der Waals surface area contributed by atoms with Gasteiger partial charge in [-0.1, -0.05) is 24.3 Å². The molecule has 0 unspecified atom stereocenters. The van der Waals surface area contributed by atoms with E-state index in [4.69, 9.17) is 4.42 Å². The first-order chi connectivity index (χ1) is 12.3. The van der Waals surface area contributed by atoms with E-state index in [0.29, 0.717) is 24.8 Å². The summed E-state index contributed by atoms with van der Waals surface area (Å²) in [4.78, 5) is 13.6. The molecule has 136 valence electrons. The minimum atomic E-state index is -3.83.